The molecule has 0 bridgehead atoms. The van der Waals surface area contributed by atoms with Crippen molar-refractivity contribution in [1.82, 2.24) is 9.47 Å². The maximum Gasteiger partial charge on any atom is 0.250 e. The number of nitrogens with two attached hydrogens (primary N) is 1. The molecule has 1 heterocycles. The number of likely N-dealkylation sites (N-methyl/N-ethyl adjacent to an activating group) is 1. The summed E-state index contributed by atoms with van der Waals surface area (Å²) in [6.07, 6.45) is 1.80. The lowest BCUT2D eigenvalue weighted by molar-refractivity contribution is 0.325. The molecule has 0 aromatic carbocycles. The zero-order valence-corrected chi connectivity index (χ0v) is 8.52. The Morgan fingerprint density at radius 3 is 2.86 bits per heavy atom. The number of nitrogens with zero attached hydrogens (tertiary/aromatic N) is 2. The summed E-state index contributed by atoms with van der Waals surface area (Å²) < 4.78 is 1.70. The molecule has 2 N–H and O–H groups in total. The Morgan fingerprint density at radius 1 is 1.43 bits per heavy atom. The maximum absolute atomic E-state index is 11.3. The zero-order valence-electron chi connectivity index (χ0n) is 8.52. The standard InChI is InChI=1S/C10H17N3O/c1-12(7-5-11)8-9-13-6-3-2-4-10(13)14/h2-4,6H,5,7-9,11H2,1H3. The normalized spacial score (nSPS) is 10.8. The van der Waals surface area contributed by atoms with Gasteiger partial charge in [0.15, 0.2) is 0 Å². The van der Waals surface area contributed by atoms with Crippen LogP contribution < -0.4 is 11.3 Å². The van der Waals surface area contributed by atoms with Gasteiger partial charge in [0.2, 0.25) is 0 Å². The van der Waals surface area contributed by atoms with Crippen LogP contribution in [0.1, 0.15) is 0 Å². The van der Waals surface area contributed by atoms with Crippen molar-refractivity contribution in [2.24, 2.45) is 5.73 Å². The Labute approximate surface area is 83.9 Å². The largest absolute Gasteiger partial charge is 0.329 e. The quantitative estimate of drug-likeness (QED) is 0.704. The SMILES string of the molecule is CN(CCN)CCn1ccccc1=O. The molecule has 0 amide bonds. The van der Waals surface area contributed by atoms with Gasteiger partial charge in [-0.15, -0.1) is 0 Å². The average Bonchev–Trinajstić information content (AvgIpc) is 2.17. The lowest BCUT2D eigenvalue weighted by Gasteiger charge is -2.15. The third-order valence-electron chi connectivity index (χ3n) is 2.13. The van der Waals surface area contributed by atoms with Gasteiger partial charge in [-0.05, 0) is 13.1 Å². The molecule has 4 nitrogen and oxygen atoms in total. The lowest BCUT2D eigenvalue weighted by Crippen LogP contribution is -2.31. The maximum atomic E-state index is 11.3. The second kappa shape index (κ2) is 5.57. The number of hydrogen-bond acceptors (Lipinski definition) is 3. The summed E-state index contributed by atoms with van der Waals surface area (Å²) in [6, 6.07) is 5.19. The van der Waals surface area contributed by atoms with E-state index in [9.17, 15) is 4.79 Å². The van der Waals surface area contributed by atoms with Crippen molar-refractivity contribution >= 4 is 0 Å². The lowest BCUT2D eigenvalue weighted by atomic mass is 10.4. The zero-order chi connectivity index (χ0) is 10.4. The first-order valence-electron chi connectivity index (χ1n) is 4.78. The fourth-order valence-electron chi connectivity index (χ4n) is 1.26. The van der Waals surface area contributed by atoms with Gasteiger partial charge in [0.1, 0.15) is 0 Å². The summed E-state index contributed by atoms with van der Waals surface area (Å²) in [5.74, 6) is 0. The average molecular weight is 195 g/mol. The van der Waals surface area contributed by atoms with Crippen molar-refractivity contribution in [3.05, 3.63) is 34.7 Å². The van der Waals surface area contributed by atoms with Crippen molar-refractivity contribution < 1.29 is 0 Å². The van der Waals surface area contributed by atoms with Crippen LogP contribution in [-0.4, -0.2) is 36.1 Å². The topological polar surface area (TPSA) is 51.3 Å². The van der Waals surface area contributed by atoms with E-state index >= 15 is 0 Å². The van der Waals surface area contributed by atoms with Gasteiger partial charge in [-0.3, -0.25) is 4.79 Å². The van der Waals surface area contributed by atoms with E-state index in [2.05, 4.69) is 4.90 Å². The van der Waals surface area contributed by atoms with E-state index in [0.717, 1.165) is 19.6 Å². The molecule has 0 radical (unpaired) electrons. The van der Waals surface area contributed by atoms with Crippen molar-refractivity contribution in [2.75, 3.05) is 26.7 Å². The Bertz CT molecular complexity index is 321. The van der Waals surface area contributed by atoms with Crippen LogP contribution >= 0.6 is 0 Å². The van der Waals surface area contributed by atoms with Crippen LogP contribution in [-0.2, 0) is 6.54 Å². The van der Waals surface area contributed by atoms with Gasteiger partial charge < -0.3 is 15.2 Å². The molecule has 1 aromatic rings. The highest BCUT2D eigenvalue weighted by Gasteiger charge is 1.97. The van der Waals surface area contributed by atoms with E-state index in [1.165, 1.54) is 0 Å². The van der Waals surface area contributed by atoms with Gasteiger partial charge in [-0.25, -0.2) is 0 Å². The van der Waals surface area contributed by atoms with Crippen LogP contribution in [0.2, 0.25) is 0 Å². The van der Waals surface area contributed by atoms with Crippen molar-refractivity contribution in [3.63, 3.8) is 0 Å². The molecule has 78 valence electrons. The fraction of sp³-hybridized carbons (Fsp3) is 0.500. The predicted octanol–water partition coefficient (Wildman–Crippen LogP) is -0.261. The van der Waals surface area contributed by atoms with E-state index in [1.54, 1.807) is 22.9 Å². The molecule has 1 aromatic heterocycles. The van der Waals surface area contributed by atoms with E-state index in [-0.39, 0.29) is 5.56 Å². The molecule has 0 atom stereocenters. The van der Waals surface area contributed by atoms with Gasteiger partial charge in [0.25, 0.3) is 5.56 Å². The molecule has 14 heavy (non-hydrogen) atoms. The van der Waals surface area contributed by atoms with Crippen LogP contribution in [0.5, 0.6) is 0 Å². The summed E-state index contributed by atoms with van der Waals surface area (Å²) in [4.78, 5) is 13.4. The number of pyridine rings is 1. The summed E-state index contributed by atoms with van der Waals surface area (Å²) in [7, 11) is 2.00. The van der Waals surface area contributed by atoms with Crippen LogP contribution in [0, 0.1) is 0 Å². The van der Waals surface area contributed by atoms with Gasteiger partial charge in [0.05, 0.1) is 0 Å². The molecule has 0 aliphatic rings. The number of rotatable bonds is 5. The summed E-state index contributed by atoms with van der Waals surface area (Å²) in [5.41, 5.74) is 5.47. The second-order valence-corrected chi connectivity index (χ2v) is 3.32. The number of aromatic nitrogens is 1. The minimum Gasteiger partial charge on any atom is -0.329 e. The van der Waals surface area contributed by atoms with Gasteiger partial charge >= 0.3 is 0 Å². The van der Waals surface area contributed by atoms with Gasteiger partial charge in [0, 0.05) is 38.4 Å². The van der Waals surface area contributed by atoms with Crippen LogP contribution in [0.25, 0.3) is 0 Å². The van der Waals surface area contributed by atoms with E-state index in [1.807, 2.05) is 13.1 Å². The van der Waals surface area contributed by atoms with Crippen LogP contribution in [0.4, 0.5) is 0 Å². The first-order valence-corrected chi connectivity index (χ1v) is 4.78. The highest BCUT2D eigenvalue weighted by Crippen LogP contribution is 1.85. The van der Waals surface area contributed by atoms with E-state index < -0.39 is 0 Å². The molecule has 1 rings (SSSR count). The predicted molar refractivity (Wildman–Crippen MR) is 57.3 cm³/mol. The summed E-state index contributed by atoms with van der Waals surface area (Å²) in [6.45, 7) is 3.08. The Balaban J connectivity index is 2.46. The molecule has 0 unspecified atom stereocenters. The minimum atomic E-state index is 0.0497. The smallest absolute Gasteiger partial charge is 0.250 e. The molecular weight excluding hydrogens is 178 g/mol. The summed E-state index contributed by atoms with van der Waals surface area (Å²) in [5, 5.41) is 0. The minimum absolute atomic E-state index is 0.0497. The van der Waals surface area contributed by atoms with Gasteiger partial charge in [-0.2, -0.15) is 0 Å². The van der Waals surface area contributed by atoms with E-state index in [0.29, 0.717) is 6.54 Å². The molecule has 0 aliphatic carbocycles. The van der Waals surface area contributed by atoms with Gasteiger partial charge in [-0.1, -0.05) is 6.07 Å². The molecule has 0 saturated carbocycles. The molecule has 0 spiro atoms. The van der Waals surface area contributed by atoms with Crippen LogP contribution in [0.3, 0.4) is 0 Å². The molecule has 0 aliphatic heterocycles. The monoisotopic (exact) mass is 195 g/mol. The van der Waals surface area contributed by atoms with Crippen LogP contribution in [0.15, 0.2) is 29.2 Å². The molecular formula is C10H17N3O. The second-order valence-electron chi connectivity index (χ2n) is 3.32. The Kier molecular flexibility index (Phi) is 4.35. The first kappa shape index (κ1) is 10.9. The molecule has 4 heteroatoms. The third kappa shape index (κ3) is 3.32. The van der Waals surface area contributed by atoms with Crippen molar-refractivity contribution in [2.45, 2.75) is 6.54 Å². The fourth-order valence-corrected chi connectivity index (χ4v) is 1.26. The van der Waals surface area contributed by atoms with E-state index in [4.69, 9.17) is 5.73 Å². The highest BCUT2D eigenvalue weighted by molar-refractivity contribution is 4.93. The Morgan fingerprint density at radius 2 is 2.21 bits per heavy atom. The highest BCUT2D eigenvalue weighted by atomic mass is 16.1. The van der Waals surface area contributed by atoms with Crippen molar-refractivity contribution in [3.8, 4) is 0 Å². The first-order chi connectivity index (χ1) is 6.74. The molecule has 0 saturated heterocycles. The Hall–Kier alpha value is -1.13. The third-order valence-corrected chi connectivity index (χ3v) is 2.13. The number of hydrogen-bond donors (Lipinski definition) is 1. The summed E-state index contributed by atoms with van der Waals surface area (Å²) >= 11 is 0. The molecule has 0 fully saturated rings. The van der Waals surface area contributed by atoms with Crippen molar-refractivity contribution in [1.29, 1.82) is 0 Å².